The zero-order valence-corrected chi connectivity index (χ0v) is 17.1. The minimum absolute atomic E-state index is 0.0277. The van der Waals surface area contributed by atoms with Crippen LogP contribution in [-0.2, 0) is 6.42 Å². The molecule has 1 aromatic heterocycles. The third-order valence-corrected chi connectivity index (χ3v) is 5.36. The third kappa shape index (κ3) is 7.20. The molecule has 2 rings (SSSR count). The highest BCUT2D eigenvalue weighted by molar-refractivity contribution is 7.99. The van der Waals surface area contributed by atoms with Gasteiger partial charge in [0.05, 0.1) is 5.56 Å². The predicted molar refractivity (Wildman–Crippen MR) is 111 cm³/mol. The number of hydrogen-bond acceptors (Lipinski definition) is 3. The fourth-order valence-electron chi connectivity index (χ4n) is 2.57. The molecule has 1 atom stereocenters. The summed E-state index contributed by atoms with van der Waals surface area (Å²) in [5.41, 5.74) is 2.24. The molecule has 1 aromatic carbocycles. The summed E-state index contributed by atoms with van der Waals surface area (Å²) < 4.78 is 0. The summed E-state index contributed by atoms with van der Waals surface area (Å²) in [6.45, 7) is 9.42. The van der Waals surface area contributed by atoms with Crippen LogP contribution in [0.4, 0.5) is 0 Å². The molecule has 140 valence electrons. The predicted octanol–water partition coefficient (Wildman–Crippen LogP) is 5.36. The maximum atomic E-state index is 12.5. The van der Waals surface area contributed by atoms with Crippen molar-refractivity contribution < 1.29 is 4.79 Å². The van der Waals surface area contributed by atoms with Crippen molar-refractivity contribution >= 4 is 17.7 Å². The monoisotopic (exact) mass is 370 g/mol. The number of rotatable bonds is 8. The summed E-state index contributed by atoms with van der Waals surface area (Å²) in [4.78, 5) is 17.0. The number of hydrogen-bond donors (Lipinski definition) is 1. The zero-order chi connectivity index (χ0) is 19.0. The molecular weight excluding hydrogens is 340 g/mol. The molecule has 4 heteroatoms. The summed E-state index contributed by atoms with van der Waals surface area (Å²) in [6, 6.07) is 14.2. The molecule has 3 nitrogen and oxygen atoms in total. The van der Waals surface area contributed by atoms with E-state index in [-0.39, 0.29) is 11.3 Å². The number of amides is 1. The lowest BCUT2D eigenvalue weighted by atomic mass is 9.92. The van der Waals surface area contributed by atoms with E-state index in [0.29, 0.717) is 17.4 Å². The van der Waals surface area contributed by atoms with E-state index < -0.39 is 0 Å². The van der Waals surface area contributed by atoms with Crippen molar-refractivity contribution in [3.63, 3.8) is 0 Å². The molecule has 0 aliphatic carbocycles. The highest BCUT2D eigenvalue weighted by Crippen LogP contribution is 2.27. The van der Waals surface area contributed by atoms with Gasteiger partial charge in [-0.2, -0.15) is 0 Å². The van der Waals surface area contributed by atoms with Gasteiger partial charge in [0.2, 0.25) is 0 Å². The average Bonchev–Trinajstić information content (AvgIpc) is 2.60. The van der Waals surface area contributed by atoms with Gasteiger partial charge in [-0.05, 0) is 42.4 Å². The highest BCUT2D eigenvalue weighted by Gasteiger charge is 2.16. The lowest BCUT2D eigenvalue weighted by Crippen LogP contribution is -2.28. The number of thioether (sulfide) groups is 1. The Labute approximate surface area is 162 Å². The van der Waals surface area contributed by atoms with E-state index >= 15 is 0 Å². The molecule has 0 radical (unpaired) electrons. The van der Waals surface area contributed by atoms with Crippen molar-refractivity contribution in [1.82, 2.24) is 10.3 Å². The quantitative estimate of drug-likeness (QED) is 0.636. The molecule has 0 bridgehead atoms. The summed E-state index contributed by atoms with van der Waals surface area (Å²) in [7, 11) is 0. The molecule has 0 saturated carbocycles. The first kappa shape index (κ1) is 20.5. The number of pyridine rings is 1. The molecule has 0 aliphatic rings. The second-order valence-corrected chi connectivity index (χ2v) is 9.30. The molecule has 0 saturated heterocycles. The summed E-state index contributed by atoms with van der Waals surface area (Å²) in [5.74, 6) is -0.0277. The fourth-order valence-corrected chi connectivity index (χ4v) is 3.59. The van der Waals surface area contributed by atoms with E-state index in [9.17, 15) is 4.79 Å². The van der Waals surface area contributed by atoms with Crippen molar-refractivity contribution in [1.29, 1.82) is 0 Å². The normalized spacial score (nSPS) is 12.6. The largest absolute Gasteiger partial charge is 0.352 e. The summed E-state index contributed by atoms with van der Waals surface area (Å²) in [6.07, 6.45) is 4.80. The van der Waals surface area contributed by atoms with E-state index in [0.717, 1.165) is 24.3 Å². The molecule has 1 N–H and O–H groups in total. The first-order valence-corrected chi connectivity index (χ1v) is 10.2. The maximum absolute atomic E-state index is 12.5. The van der Waals surface area contributed by atoms with E-state index in [1.165, 1.54) is 5.56 Å². The van der Waals surface area contributed by atoms with Gasteiger partial charge in [0.1, 0.15) is 5.03 Å². The topological polar surface area (TPSA) is 42.0 Å². The van der Waals surface area contributed by atoms with E-state index in [1.54, 1.807) is 18.0 Å². The second-order valence-electron chi connectivity index (χ2n) is 7.88. The van der Waals surface area contributed by atoms with Crippen LogP contribution in [0.15, 0.2) is 53.7 Å². The van der Waals surface area contributed by atoms with Gasteiger partial charge in [-0.25, -0.2) is 4.98 Å². The lowest BCUT2D eigenvalue weighted by molar-refractivity contribution is 0.0946. The molecule has 1 heterocycles. The number of carbonyl (C=O) groups excluding carboxylic acids is 1. The molecule has 0 unspecified atom stereocenters. The summed E-state index contributed by atoms with van der Waals surface area (Å²) in [5, 5.41) is 4.25. The Bertz CT molecular complexity index is 695. The van der Waals surface area contributed by atoms with Crippen LogP contribution in [0, 0.1) is 5.41 Å². The zero-order valence-electron chi connectivity index (χ0n) is 16.3. The molecule has 0 spiro atoms. The van der Waals surface area contributed by atoms with Crippen molar-refractivity contribution in [2.45, 2.75) is 57.2 Å². The standard InChI is InChI=1S/C22H30N2OS/c1-17(12-13-18-9-6-5-7-10-18)26-21-19(11-8-15-24-21)20(25)23-16-14-22(2,3)4/h5-11,15,17H,12-14,16H2,1-4H3,(H,23,25)/t17-/m0/s1. The third-order valence-electron chi connectivity index (χ3n) is 4.17. The minimum Gasteiger partial charge on any atom is -0.352 e. The van der Waals surface area contributed by atoms with Gasteiger partial charge in [0.25, 0.3) is 5.91 Å². The van der Waals surface area contributed by atoms with Crippen LogP contribution in [0.25, 0.3) is 0 Å². The second kappa shape index (κ2) is 9.77. The van der Waals surface area contributed by atoms with Crippen LogP contribution < -0.4 is 5.32 Å². The van der Waals surface area contributed by atoms with Crippen LogP contribution in [-0.4, -0.2) is 22.7 Å². The van der Waals surface area contributed by atoms with Gasteiger partial charge >= 0.3 is 0 Å². The Hall–Kier alpha value is -1.81. The average molecular weight is 371 g/mol. The number of nitrogens with zero attached hydrogens (tertiary/aromatic N) is 1. The van der Waals surface area contributed by atoms with E-state index in [2.05, 4.69) is 62.3 Å². The van der Waals surface area contributed by atoms with Gasteiger partial charge in [0.15, 0.2) is 0 Å². The van der Waals surface area contributed by atoms with Gasteiger partial charge in [-0.15, -0.1) is 11.8 Å². The minimum atomic E-state index is -0.0277. The number of benzene rings is 1. The Morgan fingerprint density at radius 1 is 1.15 bits per heavy atom. The van der Waals surface area contributed by atoms with Crippen LogP contribution in [0.5, 0.6) is 0 Å². The molecular formula is C22H30N2OS. The van der Waals surface area contributed by atoms with Crippen LogP contribution >= 0.6 is 11.8 Å². The molecule has 0 fully saturated rings. The number of aromatic nitrogens is 1. The SMILES string of the molecule is C[C@@H](CCc1ccccc1)Sc1ncccc1C(=O)NCCC(C)(C)C. The van der Waals surface area contributed by atoms with E-state index in [1.807, 2.05) is 18.2 Å². The highest BCUT2D eigenvalue weighted by atomic mass is 32.2. The molecule has 1 amide bonds. The Morgan fingerprint density at radius 2 is 1.88 bits per heavy atom. The molecule has 26 heavy (non-hydrogen) atoms. The van der Waals surface area contributed by atoms with E-state index in [4.69, 9.17) is 0 Å². The van der Waals surface area contributed by atoms with Crippen molar-refractivity contribution in [3.05, 3.63) is 59.8 Å². The Kier molecular flexibility index (Phi) is 7.70. The molecule has 2 aromatic rings. The Morgan fingerprint density at radius 3 is 2.58 bits per heavy atom. The number of nitrogens with one attached hydrogen (secondary N) is 1. The lowest BCUT2D eigenvalue weighted by Gasteiger charge is -2.18. The van der Waals surface area contributed by atoms with Crippen LogP contribution in [0.2, 0.25) is 0 Å². The van der Waals surface area contributed by atoms with Crippen LogP contribution in [0.1, 0.15) is 56.5 Å². The van der Waals surface area contributed by atoms with Gasteiger partial charge in [-0.3, -0.25) is 4.79 Å². The smallest absolute Gasteiger partial charge is 0.254 e. The number of aryl methyl sites for hydroxylation is 1. The van der Waals surface area contributed by atoms with Crippen molar-refractivity contribution in [2.24, 2.45) is 5.41 Å². The van der Waals surface area contributed by atoms with Gasteiger partial charge in [0, 0.05) is 18.0 Å². The van der Waals surface area contributed by atoms with Crippen LogP contribution in [0.3, 0.4) is 0 Å². The van der Waals surface area contributed by atoms with Gasteiger partial charge < -0.3 is 5.32 Å². The first-order valence-electron chi connectivity index (χ1n) is 9.29. The van der Waals surface area contributed by atoms with Crippen molar-refractivity contribution in [2.75, 3.05) is 6.54 Å². The Balaban J connectivity index is 1.91. The first-order chi connectivity index (χ1) is 12.3. The number of carbonyl (C=O) groups is 1. The van der Waals surface area contributed by atoms with Gasteiger partial charge in [-0.1, -0.05) is 58.0 Å². The summed E-state index contributed by atoms with van der Waals surface area (Å²) >= 11 is 1.68. The molecule has 0 aliphatic heterocycles. The fraction of sp³-hybridized carbons (Fsp3) is 0.455. The maximum Gasteiger partial charge on any atom is 0.254 e. The van der Waals surface area contributed by atoms with Crippen molar-refractivity contribution in [3.8, 4) is 0 Å².